The molecule has 0 unspecified atom stereocenters. The third-order valence-electron chi connectivity index (χ3n) is 4.80. The van der Waals surface area contributed by atoms with E-state index in [9.17, 15) is 20.0 Å². The first kappa shape index (κ1) is 20.6. The van der Waals surface area contributed by atoms with Gasteiger partial charge in [0.1, 0.15) is 24.8 Å². The van der Waals surface area contributed by atoms with Crippen LogP contribution in [0.1, 0.15) is 16.2 Å². The molecule has 4 aromatic rings. The number of fused-ring (bicyclic) bond motifs is 2. The maximum absolute atomic E-state index is 12.3. The van der Waals surface area contributed by atoms with E-state index in [1.165, 1.54) is 0 Å². The van der Waals surface area contributed by atoms with Crippen molar-refractivity contribution in [1.82, 2.24) is 15.3 Å². The van der Waals surface area contributed by atoms with Gasteiger partial charge in [-0.25, -0.2) is 4.98 Å². The zero-order chi connectivity index (χ0) is 22.5. The number of rotatable bonds is 6. The molecule has 4 rings (SSSR count). The lowest BCUT2D eigenvalue weighted by Gasteiger charge is -2.08. The lowest BCUT2D eigenvalue weighted by atomic mass is 10.1. The fourth-order valence-electron chi connectivity index (χ4n) is 3.18. The van der Waals surface area contributed by atoms with Crippen molar-refractivity contribution in [3.05, 3.63) is 83.9 Å². The minimum Gasteiger partial charge on any atom is -0.507 e. The van der Waals surface area contributed by atoms with Crippen LogP contribution < -0.4 is 5.32 Å². The number of H-pyrrole nitrogens is 1. The SMILES string of the molecule is N#CC(=C(O)COC(=O)CNC(=O)c1ccc2ccccc2c1)c1nc2ccccc2[nH]1. The Bertz CT molecular complexity index is 1360. The van der Waals surface area contributed by atoms with Gasteiger partial charge in [-0.2, -0.15) is 5.26 Å². The second-order valence-corrected chi connectivity index (χ2v) is 6.94. The molecule has 3 N–H and O–H groups in total. The van der Waals surface area contributed by atoms with Crippen molar-refractivity contribution in [2.24, 2.45) is 0 Å². The summed E-state index contributed by atoms with van der Waals surface area (Å²) in [4.78, 5) is 31.5. The first-order valence-corrected chi connectivity index (χ1v) is 9.75. The Kier molecular flexibility index (Phi) is 5.81. The summed E-state index contributed by atoms with van der Waals surface area (Å²) in [6.45, 7) is -0.907. The van der Waals surface area contributed by atoms with Gasteiger partial charge in [0.2, 0.25) is 0 Å². The van der Waals surface area contributed by atoms with Crippen molar-refractivity contribution < 1.29 is 19.4 Å². The van der Waals surface area contributed by atoms with Crippen molar-refractivity contribution in [2.75, 3.05) is 13.2 Å². The van der Waals surface area contributed by atoms with E-state index in [0.29, 0.717) is 16.6 Å². The van der Waals surface area contributed by atoms with Gasteiger partial charge in [0, 0.05) is 5.56 Å². The highest BCUT2D eigenvalue weighted by molar-refractivity contribution is 5.99. The summed E-state index contributed by atoms with van der Waals surface area (Å²) in [5, 5.41) is 24.0. The van der Waals surface area contributed by atoms with Gasteiger partial charge in [-0.3, -0.25) is 9.59 Å². The van der Waals surface area contributed by atoms with Gasteiger partial charge >= 0.3 is 5.97 Å². The summed E-state index contributed by atoms with van der Waals surface area (Å²) >= 11 is 0. The minimum atomic E-state index is -0.757. The van der Waals surface area contributed by atoms with Crippen LogP contribution in [0.4, 0.5) is 0 Å². The number of imidazole rings is 1. The van der Waals surface area contributed by atoms with Crippen LogP contribution in [-0.2, 0) is 9.53 Å². The van der Waals surface area contributed by atoms with Crippen molar-refractivity contribution >= 4 is 39.3 Å². The third kappa shape index (κ3) is 4.42. The van der Waals surface area contributed by atoms with Crippen LogP contribution in [0.3, 0.4) is 0 Å². The van der Waals surface area contributed by atoms with Crippen LogP contribution in [-0.4, -0.2) is 40.1 Å². The molecule has 0 saturated carbocycles. The van der Waals surface area contributed by atoms with Gasteiger partial charge < -0.3 is 20.1 Å². The van der Waals surface area contributed by atoms with E-state index in [4.69, 9.17) is 4.74 Å². The van der Waals surface area contributed by atoms with Crippen LogP contribution in [0, 0.1) is 11.3 Å². The van der Waals surface area contributed by atoms with Crippen LogP contribution in [0.2, 0.25) is 0 Å². The first-order valence-electron chi connectivity index (χ1n) is 9.75. The fourth-order valence-corrected chi connectivity index (χ4v) is 3.18. The van der Waals surface area contributed by atoms with Gasteiger partial charge in [0.05, 0.1) is 11.0 Å². The number of aliphatic hydroxyl groups is 1. The number of nitrogens with one attached hydrogen (secondary N) is 2. The second-order valence-electron chi connectivity index (χ2n) is 6.94. The van der Waals surface area contributed by atoms with Crippen LogP contribution >= 0.6 is 0 Å². The topological polar surface area (TPSA) is 128 Å². The van der Waals surface area contributed by atoms with Gasteiger partial charge in [-0.15, -0.1) is 0 Å². The van der Waals surface area contributed by atoms with Gasteiger partial charge in [0.15, 0.2) is 11.6 Å². The molecule has 0 saturated heterocycles. The summed E-state index contributed by atoms with van der Waals surface area (Å²) in [7, 11) is 0. The van der Waals surface area contributed by atoms with Crippen LogP contribution in [0.5, 0.6) is 0 Å². The predicted molar refractivity (Wildman–Crippen MR) is 118 cm³/mol. The Hall–Kier alpha value is -4.64. The zero-order valence-electron chi connectivity index (χ0n) is 16.8. The van der Waals surface area contributed by atoms with E-state index < -0.39 is 24.2 Å². The molecule has 1 heterocycles. The number of aromatic nitrogens is 2. The lowest BCUT2D eigenvalue weighted by Crippen LogP contribution is -2.31. The zero-order valence-corrected chi connectivity index (χ0v) is 16.8. The number of hydrogen-bond acceptors (Lipinski definition) is 6. The molecule has 0 spiro atoms. The third-order valence-corrected chi connectivity index (χ3v) is 4.80. The van der Waals surface area contributed by atoms with E-state index in [-0.39, 0.29) is 17.9 Å². The summed E-state index contributed by atoms with van der Waals surface area (Å²) in [5.74, 6) is -1.45. The number of amides is 1. The van der Waals surface area contributed by atoms with Gasteiger partial charge in [0.25, 0.3) is 5.91 Å². The molecular formula is C24H18N4O4. The highest BCUT2D eigenvalue weighted by atomic mass is 16.5. The largest absolute Gasteiger partial charge is 0.507 e. The molecule has 0 fully saturated rings. The lowest BCUT2D eigenvalue weighted by molar-refractivity contribution is -0.142. The molecule has 0 aliphatic heterocycles. The molecule has 158 valence electrons. The normalized spacial score (nSPS) is 11.6. The van der Waals surface area contributed by atoms with Crippen molar-refractivity contribution in [1.29, 1.82) is 5.26 Å². The Morgan fingerprint density at radius 2 is 1.81 bits per heavy atom. The molecule has 8 nitrogen and oxygen atoms in total. The smallest absolute Gasteiger partial charge is 0.325 e. The van der Waals surface area contributed by atoms with Crippen molar-refractivity contribution in [3.8, 4) is 6.07 Å². The van der Waals surface area contributed by atoms with E-state index >= 15 is 0 Å². The Labute approximate surface area is 182 Å². The Morgan fingerprint density at radius 3 is 2.59 bits per heavy atom. The average molecular weight is 426 g/mol. The molecule has 8 heteroatoms. The standard InChI is InChI=1S/C24H18N4O4/c25-12-18(23-27-19-7-3-4-8-20(19)28-23)21(29)14-32-22(30)13-26-24(31)17-10-9-15-5-1-2-6-16(15)11-17/h1-11,29H,13-14H2,(H,26,31)(H,27,28). The highest BCUT2D eigenvalue weighted by Crippen LogP contribution is 2.19. The maximum Gasteiger partial charge on any atom is 0.325 e. The molecule has 0 bridgehead atoms. The number of esters is 1. The van der Waals surface area contributed by atoms with E-state index in [1.54, 1.807) is 30.3 Å². The van der Waals surface area contributed by atoms with Crippen molar-refractivity contribution in [3.63, 3.8) is 0 Å². The molecular weight excluding hydrogens is 408 g/mol. The summed E-state index contributed by atoms with van der Waals surface area (Å²) in [6.07, 6.45) is 0. The molecule has 32 heavy (non-hydrogen) atoms. The van der Waals surface area contributed by atoms with Gasteiger partial charge in [-0.1, -0.05) is 42.5 Å². The number of aromatic amines is 1. The Balaban J connectivity index is 1.36. The maximum atomic E-state index is 12.3. The highest BCUT2D eigenvalue weighted by Gasteiger charge is 2.15. The average Bonchev–Trinajstić information content (AvgIpc) is 3.25. The fraction of sp³-hybridized carbons (Fsp3) is 0.0833. The summed E-state index contributed by atoms with van der Waals surface area (Å²) < 4.78 is 4.98. The molecule has 1 aromatic heterocycles. The minimum absolute atomic E-state index is 0.130. The number of carbonyl (C=O) groups is 2. The summed E-state index contributed by atoms with van der Waals surface area (Å²) in [5.41, 5.74) is 1.62. The van der Waals surface area contributed by atoms with Crippen LogP contribution in [0.25, 0.3) is 27.4 Å². The number of nitriles is 1. The molecule has 0 aliphatic rings. The number of carbonyl (C=O) groups excluding carboxylic acids is 2. The molecule has 0 atom stereocenters. The summed E-state index contributed by atoms with van der Waals surface area (Å²) in [6, 6.07) is 21.9. The number of nitrogens with zero attached hydrogens (tertiary/aromatic N) is 2. The predicted octanol–water partition coefficient (Wildman–Crippen LogP) is 3.48. The number of allylic oxidation sites excluding steroid dienone is 1. The monoisotopic (exact) mass is 426 g/mol. The van der Waals surface area contributed by atoms with E-state index in [1.807, 2.05) is 42.5 Å². The number of aliphatic hydroxyl groups excluding tert-OH is 1. The Morgan fingerprint density at radius 1 is 1.06 bits per heavy atom. The second kappa shape index (κ2) is 9.02. The van der Waals surface area contributed by atoms with Crippen LogP contribution in [0.15, 0.2) is 72.5 Å². The molecule has 3 aromatic carbocycles. The van der Waals surface area contributed by atoms with Gasteiger partial charge in [-0.05, 0) is 35.0 Å². The molecule has 1 amide bonds. The van der Waals surface area contributed by atoms with E-state index in [0.717, 1.165) is 10.8 Å². The number of benzene rings is 3. The first-order chi connectivity index (χ1) is 15.5. The number of ether oxygens (including phenoxy) is 1. The molecule has 0 aliphatic carbocycles. The molecule has 0 radical (unpaired) electrons. The number of hydrogen-bond donors (Lipinski definition) is 3. The van der Waals surface area contributed by atoms with E-state index in [2.05, 4.69) is 15.3 Å². The quantitative estimate of drug-likeness (QED) is 0.246. The number of para-hydroxylation sites is 2. The van der Waals surface area contributed by atoms with Crippen molar-refractivity contribution in [2.45, 2.75) is 0 Å².